The van der Waals surface area contributed by atoms with E-state index in [2.05, 4.69) is 43.2 Å². The number of ketones is 1. The highest BCUT2D eigenvalue weighted by molar-refractivity contribution is 6.02. The van der Waals surface area contributed by atoms with E-state index in [1.54, 1.807) is 0 Å². The highest BCUT2D eigenvalue weighted by Gasteiger charge is 2.38. The third-order valence-electron chi connectivity index (χ3n) is 8.22. The average Bonchev–Trinajstić information content (AvgIpc) is 2.85. The van der Waals surface area contributed by atoms with E-state index < -0.39 is 0 Å². The summed E-state index contributed by atoms with van der Waals surface area (Å²) < 4.78 is 21.0. The zero-order chi connectivity index (χ0) is 28.7. The number of hydrogen-bond acceptors (Lipinski definition) is 6. The summed E-state index contributed by atoms with van der Waals surface area (Å²) in [6.45, 7) is 11.0. The number of nitrogens with one attached hydrogen (secondary N) is 2. The topological polar surface area (TPSA) is 87.7 Å². The molecule has 1 unspecified atom stereocenters. The van der Waals surface area contributed by atoms with Crippen molar-refractivity contribution in [1.82, 2.24) is 10.2 Å². The van der Waals surface area contributed by atoms with Crippen LogP contribution in [-0.4, -0.2) is 46.8 Å². The molecule has 2 amide bonds. The Morgan fingerprint density at radius 1 is 1.00 bits per heavy atom. The maximum atomic E-state index is 14.8. The number of imide groups is 1. The number of piperidine rings is 1. The SMILES string of the molecule is CC1(C)CN(Cc2ccc(F)c(CNc3cccc4c3CCC(C[C@H]3CCC(=O)NC3=O)C4=O)c2)CC(C)(C)O1. The van der Waals surface area contributed by atoms with Gasteiger partial charge in [0.2, 0.25) is 11.8 Å². The van der Waals surface area contributed by atoms with Crippen molar-refractivity contribution in [2.45, 2.75) is 84.1 Å². The van der Waals surface area contributed by atoms with Crippen LogP contribution in [0, 0.1) is 17.7 Å². The Balaban J connectivity index is 1.25. The van der Waals surface area contributed by atoms with Gasteiger partial charge in [0.15, 0.2) is 5.78 Å². The van der Waals surface area contributed by atoms with Gasteiger partial charge in [0.05, 0.1) is 11.2 Å². The summed E-state index contributed by atoms with van der Waals surface area (Å²) in [6, 6.07) is 10.9. The summed E-state index contributed by atoms with van der Waals surface area (Å²) in [6.07, 6.45) is 2.63. The second-order valence-electron chi connectivity index (χ2n) is 12.9. The number of amides is 2. The largest absolute Gasteiger partial charge is 0.381 e. The number of morpholine rings is 1. The Morgan fingerprint density at radius 3 is 2.45 bits per heavy atom. The molecule has 0 radical (unpaired) electrons. The number of Topliss-reactive ketones (excluding diaryl/α,β-unsaturated/α-hetero) is 1. The smallest absolute Gasteiger partial charge is 0.229 e. The lowest BCUT2D eigenvalue weighted by atomic mass is 9.76. The van der Waals surface area contributed by atoms with Crippen LogP contribution in [0.4, 0.5) is 10.1 Å². The van der Waals surface area contributed by atoms with E-state index >= 15 is 0 Å². The average molecular weight is 550 g/mol. The highest BCUT2D eigenvalue weighted by atomic mass is 19.1. The first kappa shape index (κ1) is 28.4. The molecule has 0 bridgehead atoms. The Kier molecular flexibility index (Phi) is 7.86. The molecule has 2 heterocycles. The molecule has 2 fully saturated rings. The second-order valence-corrected chi connectivity index (χ2v) is 12.9. The Hall–Kier alpha value is -3.10. The monoisotopic (exact) mass is 549 g/mol. The van der Waals surface area contributed by atoms with Crippen molar-refractivity contribution >= 4 is 23.3 Å². The second kappa shape index (κ2) is 11.1. The van der Waals surface area contributed by atoms with Gasteiger partial charge in [0, 0.05) is 61.2 Å². The molecule has 2 N–H and O–H groups in total. The summed E-state index contributed by atoms with van der Waals surface area (Å²) in [7, 11) is 0. The number of halogens is 1. The van der Waals surface area contributed by atoms with Crippen molar-refractivity contribution in [2.24, 2.45) is 11.8 Å². The third kappa shape index (κ3) is 6.44. The van der Waals surface area contributed by atoms with Crippen LogP contribution in [0.25, 0.3) is 0 Å². The van der Waals surface area contributed by atoms with Crippen molar-refractivity contribution in [2.75, 3.05) is 18.4 Å². The van der Waals surface area contributed by atoms with E-state index in [1.807, 2.05) is 30.3 Å². The number of ether oxygens (including phenoxy) is 1. The quantitative estimate of drug-likeness (QED) is 0.472. The maximum absolute atomic E-state index is 14.8. The zero-order valence-corrected chi connectivity index (χ0v) is 23.9. The van der Waals surface area contributed by atoms with Crippen LogP contribution >= 0.6 is 0 Å². The van der Waals surface area contributed by atoms with E-state index in [-0.39, 0.29) is 46.5 Å². The van der Waals surface area contributed by atoms with Gasteiger partial charge < -0.3 is 10.1 Å². The first-order valence-corrected chi connectivity index (χ1v) is 14.3. The Bertz CT molecular complexity index is 1310. The molecule has 1 aliphatic carbocycles. The fraction of sp³-hybridized carbons (Fsp3) is 0.531. The molecular weight excluding hydrogens is 509 g/mol. The summed E-state index contributed by atoms with van der Waals surface area (Å²) in [5.41, 5.74) is 3.58. The van der Waals surface area contributed by atoms with Crippen LogP contribution in [0.15, 0.2) is 36.4 Å². The molecule has 2 aliphatic heterocycles. The molecule has 2 saturated heterocycles. The van der Waals surface area contributed by atoms with Gasteiger partial charge in [-0.2, -0.15) is 0 Å². The van der Waals surface area contributed by atoms with Crippen molar-refractivity contribution < 1.29 is 23.5 Å². The fourth-order valence-electron chi connectivity index (χ4n) is 6.82. The molecule has 7 nitrogen and oxygen atoms in total. The number of carbonyl (C=O) groups excluding carboxylic acids is 3. The minimum Gasteiger partial charge on any atom is -0.381 e. The molecule has 40 heavy (non-hydrogen) atoms. The van der Waals surface area contributed by atoms with Gasteiger partial charge in [-0.25, -0.2) is 4.39 Å². The highest BCUT2D eigenvalue weighted by Crippen LogP contribution is 2.35. The van der Waals surface area contributed by atoms with Gasteiger partial charge in [-0.1, -0.05) is 18.2 Å². The lowest BCUT2D eigenvalue weighted by Gasteiger charge is -2.47. The number of hydrogen-bond donors (Lipinski definition) is 2. The number of nitrogens with zero attached hydrogens (tertiary/aromatic N) is 1. The minimum absolute atomic E-state index is 0.0409. The molecule has 8 heteroatoms. The van der Waals surface area contributed by atoms with Crippen LogP contribution in [-0.2, 0) is 33.8 Å². The Morgan fingerprint density at radius 2 is 1.73 bits per heavy atom. The molecule has 3 aliphatic rings. The number of anilines is 1. The molecular formula is C32H40FN3O4. The molecule has 0 saturated carbocycles. The third-order valence-corrected chi connectivity index (χ3v) is 8.22. The molecule has 2 aromatic carbocycles. The van der Waals surface area contributed by atoms with Gasteiger partial charge in [-0.05, 0) is 82.7 Å². The first-order valence-electron chi connectivity index (χ1n) is 14.3. The van der Waals surface area contributed by atoms with Crippen LogP contribution < -0.4 is 10.6 Å². The van der Waals surface area contributed by atoms with Crippen LogP contribution in [0.3, 0.4) is 0 Å². The summed E-state index contributed by atoms with van der Waals surface area (Å²) in [5, 5.41) is 5.78. The van der Waals surface area contributed by atoms with Gasteiger partial charge >= 0.3 is 0 Å². The van der Waals surface area contributed by atoms with Crippen LogP contribution in [0.2, 0.25) is 0 Å². The minimum atomic E-state index is -0.306. The summed E-state index contributed by atoms with van der Waals surface area (Å²) in [4.78, 5) is 39.4. The molecule has 2 aromatic rings. The molecule has 2 atom stereocenters. The van der Waals surface area contributed by atoms with E-state index in [1.165, 1.54) is 6.07 Å². The Labute approximate surface area is 235 Å². The van der Waals surface area contributed by atoms with Crippen LogP contribution in [0.5, 0.6) is 0 Å². The molecule has 5 rings (SSSR count). The van der Waals surface area contributed by atoms with Crippen molar-refractivity contribution in [3.05, 3.63) is 64.5 Å². The van der Waals surface area contributed by atoms with Crippen LogP contribution in [0.1, 0.15) is 80.4 Å². The maximum Gasteiger partial charge on any atom is 0.229 e. The predicted molar refractivity (Wildman–Crippen MR) is 151 cm³/mol. The van der Waals surface area contributed by atoms with Crippen molar-refractivity contribution in [1.29, 1.82) is 0 Å². The van der Waals surface area contributed by atoms with Crippen molar-refractivity contribution in [3.63, 3.8) is 0 Å². The lowest BCUT2D eigenvalue weighted by molar-refractivity contribution is -0.182. The molecule has 214 valence electrons. The van der Waals surface area contributed by atoms with Gasteiger partial charge in [0.25, 0.3) is 0 Å². The zero-order valence-electron chi connectivity index (χ0n) is 23.9. The molecule has 0 spiro atoms. The number of fused-ring (bicyclic) bond motifs is 1. The van der Waals surface area contributed by atoms with E-state index in [9.17, 15) is 18.8 Å². The number of carbonyl (C=O) groups is 3. The predicted octanol–water partition coefficient (Wildman–Crippen LogP) is 5.02. The van der Waals surface area contributed by atoms with E-state index in [0.29, 0.717) is 56.3 Å². The summed E-state index contributed by atoms with van der Waals surface area (Å²) in [5.74, 6) is -1.28. The standard InChI is InChI=1S/C32H40FN3O4/c1-31(2)18-36(19-32(3,4)40-31)17-20-8-12-26(33)23(14-20)16-34-27-7-5-6-25-24(27)11-9-21(29(25)38)15-22-10-13-28(37)35-30(22)39/h5-8,12,14,21-22,34H,9-11,13,15-19H2,1-4H3,(H,35,37,39)/t21?,22-/m1/s1. The van der Waals surface area contributed by atoms with E-state index in [4.69, 9.17) is 4.74 Å². The first-order chi connectivity index (χ1) is 18.9. The van der Waals surface area contributed by atoms with Gasteiger partial charge in [-0.15, -0.1) is 0 Å². The van der Waals surface area contributed by atoms with E-state index in [0.717, 1.165) is 29.9 Å². The normalized spacial score (nSPS) is 24.4. The van der Waals surface area contributed by atoms with Crippen molar-refractivity contribution in [3.8, 4) is 0 Å². The number of rotatable bonds is 7. The summed E-state index contributed by atoms with van der Waals surface area (Å²) >= 11 is 0. The number of benzene rings is 2. The van der Waals surface area contributed by atoms with Gasteiger partial charge in [-0.3, -0.25) is 24.6 Å². The lowest BCUT2D eigenvalue weighted by Crippen LogP contribution is -2.56. The molecule has 0 aromatic heterocycles. The fourth-order valence-corrected chi connectivity index (χ4v) is 6.82. The van der Waals surface area contributed by atoms with Gasteiger partial charge in [0.1, 0.15) is 5.82 Å².